The number of carbonyl (C=O) groups is 1. The van der Waals surface area contributed by atoms with Crippen LogP contribution in [0.1, 0.15) is 21.5 Å². The molecule has 1 aromatic carbocycles. The number of carbonyl (C=O) groups excluding carboxylic acids is 1. The number of hydrogen-bond donors (Lipinski definition) is 3. The van der Waals surface area contributed by atoms with Crippen molar-refractivity contribution in [2.24, 2.45) is 5.73 Å². The van der Waals surface area contributed by atoms with Crippen molar-refractivity contribution in [3.05, 3.63) is 47.2 Å². The number of aromatic nitrogens is 2. The number of rotatable bonds is 4. The third-order valence-electron chi connectivity index (χ3n) is 2.74. The Labute approximate surface area is 105 Å². The van der Waals surface area contributed by atoms with E-state index in [-0.39, 0.29) is 5.91 Å². The Morgan fingerprint density at radius 2 is 2.22 bits per heavy atom. The van der Waals surface area contributed by atoms with Crippen LogP contribution >= 0.6 is 0 Å². The van der Waals surface area contributed by atoms with E-state index in [1.165, 1.54) is 0 Å². The maximum atomic E-state index is 12.2. The first-order valence-electron chi connectivity index (χ1n) is 5.81. The summed E-state index contributed by atoms with van der Waals surface area (Å²) >= 11 is 0. The summed E-state index contributed by atoms with van der Waals surface area (Å²) < 4.78 is 0. The van der Waals surface area contributed by atoms with Crippen molar-refractivity contribution in [1.82, 2.24) is 10.2 Å². The van der Waals surface area contributed by atoms with E-state index in [2.05, 4.69) is 15.5 Å². The lowest BCUT2D eigenvalue weighted by atomic mass is 10.0. The molecule has 0 fully saturated rings. The Kier molecular flexibility index (Phi) is 3.74. The largest absolute Gasteiger partial charge is 0.330 e. The summed E-state index contributed by atoms with van der Waals surface area (Å²) in [4.78, 5) is 12.2. The maximum Gasteiger partial charge on any atom is 0.257 e. The molecule has 4 N–H and O–H groups in total. The molecule has 0 aliphatic rings. The fraction of sp³-hybridized carbons (Fsp3) is 0.231. The lowest BCUT2D eigenvalue weighted by Crippen LogP contribution is -2.16. The quantitative estimate of drug-likeness (QED) is 0.761. The van der Waals surface area contributed by atoms with Gasteiger partial charge in [-0.3, -0.25) is 9.89 Å². The summed E-state index contributed by atoms with van der Waals surface area (Å²) in [5.41, 5.74) is 8.05. The molecule has 18 heavy (non-hydrogen) atoms. The average molecular weight is 244 g/mol. The van der Waals surface area contributed by atoms with Crippen molar-refractivity contribution >= 4 is 11.7 Å². The average Bonchev–Trinajstić information content (AvgIpc) is 2.76. The third-order valence-corrected chi connectivity index (χ3v) is 2.74. The molecule has 5 heteroatoms. The van der Waals surface area contributed by atoms with Crippen LogP contribution in [0.5, 0.6) is 0 Å². The minimum Gasteiger partial charge on any atom is -0.330 e. The van der Waals surface area contributed by atoms with Crippen molar-refractivity contribution in [2.75, 3.05) is 11.9 Å². The standard InChI is InChI=1S/C13H16N4O/c1-9-8-15-17-12(9)16-13(18)11-5-3-2-4-10(11)6-7-14/h2-5,8H,6-7,14H2,1H3,(H2,15,16,17,18). The Bertz CT molecular complexity index is 547. The van der Waals surface area contributed by atoms with Crippen LogP contribution in [0.25, 0.3) is 0 Å². The number of benzene rings is 1. The molecular weight excluding hydrogens is 228 g/mol. The van der Waals surface area contributed by atoms with Gasteiger partial charge >= 0.3 is 0 Å². The monoisotopic (exact) mass is 244 g/mol. The van der Waals surface area contributed by atoms with Crippen LogP contribution in [0.4, 0.5) is 5.82 Å². The van der Waals surface area contributed by atoms with Crippen LogP contribution < -0.4 is 11.1 Å². The second-order valence-corrected chi connectivity index (χ2v) is 4.08. The first kappa shape index (κ1) is 12.3. The summed E-state index contributed by atoms with van der Waals surface area (Å²) in [5.74, 6) is 0.481. The second-order valence-electron chi connectivity index (χ2n) is 4.08. The molecule has 0 bridgehead atoms. The van der Waals surface area contributed by atoms with Crippen molar-refractivity contribution in [3.8, 4) is 0 Å². The Morgan fingerprint density at radius 1 is 1.44 bits per heavy atom. The zero-order valence-corrected chi connectivity index (χ0v) is 10.2. The van der Waals surface area contributed by atoms with Crippen molar-refractivity contribution in [3.63, 3.8) is 0 Å². The van der Waals surface area contributed by atoms with Gasteiger partial charge in [-0.05, 0) is 31.5 Å². The number of anilines is 1. The molecule has 0 spiro atoms. The van der Waals surface area contributed by atoms with Gasteiger partial charge in [0, 0.05) is 11.1 Å². The van der Waals surface area contributed by atoms with Crippen molar-refractivity contribution < 1.29 is 4.79 Å². The van der Waals surface area contributed by atoms with Gasteiger partial charge in [0.1, 0.15) is 5.82 Å². The van der Waals surface area contributed by atoms with E-state index in [0.29, 0.717) is 24.3 Å². The molecule has 0 unspecified atom stereocenters. The molecule has 0 saturated heterocycles. The van der Waals surface area contributed by atoms with Gasteiger partial charge in [-0.2, -0.15) is 5.10 Å². The van der Waals surface area contributed by atoms with E-state index in [1.54, 1.807) is 12.3 Å². The normalized spacial score (nSPS) is 10.3. The van der Waals surface area contributed by atoms with Gasteiger partial charge < -0.3 is 11.1 Å². The van der Waals surface area contributed by atoms with E-state index in [0.717, 1.165) is 11.1 Å². The molecule has 94 valence electrons. The van der Waals surface area contributed by atoms with Gasteiger partial charge in [-0.25, -0.2) is 0 Å². The van der Waals surface area contributed by atoms with Crippen molar-refractivity contribution in [1.29, 1.82) is 0 Å². The molecule has 0 aliphatic heterocycles. The SMILES string of the molecule is Cc1cn[nH]c1NC(=O)c1ccccc1CCN. The predicted octanol–water partition coefficient (Wildman–Crippen LogP) is 1.47. The number of nitrogens with one attached hydrogen (secondary N) is 2. The molecule has 0 radical (unpaired) electrons. The lowest BCUT2D eigenvalue weighted by molar-refractivity contribution is 0.102. The molecule has 1 heterocycles. The molecule has 5 nitrogen and oxygen atoms in total. The minimum absolute atomic E-state index is 0.147. The Hall–Kier alpha value is -2.14. The fourth-order valence-corrected chi connectivity index (χ4v) is 1.77. The summed E-state index contributed by atoms with van der Waals surface area (Å²) in [7, 11) is 0. The molecule has 0 aliphatic carbocycles. The summed E-state index contributed by atoms with van der Waals surface area (Å²) in [6, 6.07) is 7.46. The van der Waals surface area contributed by atoms with Crippen LogP contribution in [-0.4, -0.2) is 22.6 Å². The number of hydrogen-bond acceptors (Lipinski definition) is 3. The highest BCUT2D eigenvalue weighted by atomic mass is 16.1. The lowest BCUT2D eigenvalue weighted by Gasteiger charge is -2.08. The molecule has 2 rings (SSSR count). The highest BCUT2D eigenvalue weighted by Gasteiger charge is 2.12. The number of aryl methyl sites for hydroxylation is 1. The van der Waals surface area contributed by atoms with Crippen LogP contribution in [-0.2, 0) is 6.42 Å². The van der Waals surface area contributed by atoms with E-state index in [4.69, 9.17) is 5.73 Å². The number of H-pyrrole nitrogens is 1. The third kappa shape index (κ3) is 2.57. The molecule has 1 amide bonds. The van der Waals surface area contributed by atoms with Gasteiger partial charge in [0.15, 0.2) is 0 Å². The van der Waals surface area contributed by atoms with Crippen LogP contribution in [0.3, 0.4) is 0 Å². The fourth-order valence-electron chi connectivity index (χ4n) is 1.77. The first-order valence-corrected chi connectivity index (χ1v) is 5.81. The van der Waals surface area contributed by atoms with Gasteiger partial charge in [-0.15, -0.1) is 0 Å². The van der Waals surface area contributed by atoms with E-state index >= 15 is 0 Å². The Balaban J connectivity index is 2.21. The van der Waals surface area contributed by atoms with Gasteiger partial charge in [0.25, 0.3) is 5.91 Å². The van der Waals surface area contributed by atoms with Gasteiger partial charge in [-0.1, -0.05) is 18.2 Å². The number of aromatic amines is 1. The number of nitrogens with zero attached hydrogens (tertiary/aromatic N) is 1. The summed E-state index contributed by atoms with van der Waals surface area (Å²) in [5, 5.41) is 9.43. The van der Waals surface area contributed by atoms with E-state index in [1.807, 2.05) is 25.1 Å². The van der Waals surface area contributed by atoms with Crippen LogP contribution in [0, 0.1) is 6.92 Å². The maximum absolute atomic E-state index is 12.2. The second kappa shape index (κ2) is 5.46. The smallest absolute Gasteiger partial charge is 0.257 e. The van der Waals surface area contributed by atoms with E-state index in [9.17, 15) is 4.79 Å². The molecule has 0 saturated carbocycles. The number of amides is 1. The van der Waals surface area contributed by atoms with Crippen LogP contribution in [0.2, 0.25) is 0 Å². The molecule has 0 atom stereocenters. The number of nitrogens with two attached hydrogens (primary N) is 1. The first-order chi connectivity index (χ1) is 8.72. The molecular formula is C13H16N4O. The molecule has 1 aromatic heterocycles. The molecule has 2 aromatic rings. The summed E-state index contributed by atoms with van der Waals surface area (Å²) in [6.07, 6.45) is 2.35. The van der Waals surface area contributed by atoms with E-state index < -0.39 is 0 Å². The Morgan fingerprint density at radius 3 is 2.89 bits per heavy atom. The van der Waals surface area contributed by atoms with Crippen LogP contribution in [0.15, 0.2) is 30.5 Å². The summed E-state index contributed by atoms with van der Waals surface area (Å²) in [6.45, 7) is 2.40. The minimum atomic E-state index is -0.147. The van der Waals surface area contributed by atoms with Gasteiger partial charge in [0.2, 0.25) is 0 Å². The highest BCUT2D eigenvalue weighted by Crippen LogP contribution is 2.14. The predicted molar refractivity (Wildman–Crippen MR) is 70.5 cm³/mol. The van der Waals surface area contributed by atoms with Crippen molar-refractivity contribution in [2.45, 2.75) is 13.3 Å². The zero-order chi connectivity index (χ0) is 13.0. The zero-order valence-electron chi connectivity index (χ0n) is 10.2. The van der Waals surface area contributed by atoms with Gasteiger partial charge in [0.05, 0.1) is 6.20 Å². The topological polar surface area (TPSA) is 83.8 Å². The highest BCUT2D eigenvalue weighted by molar-refractivity contribution is 6.05.